The van der Waals surface area contributed by atoms with Crippen molar-refractivity contribution in [2.24, 2.45) is 13.0 Å². The van der Waals surface area contributed by atoms with Crippen LogP contribution < -0.4 is 4.72 Å². The van der Waals surface area contributed by atoms with E-state index in [2.05, 4.69) is 32.2 Å². The van der Waals surface area contributed by atoms with Gasteiger partial charge < -0.3 is 14.6 Å². The SMILES string of the molecule is CC1C(CSc2nnnn2C)OC(c2cccc(NS(=O)(=O)c3cccc4cccnc34)c2)OC1c1ccc(CO)cc1. The number of pyridine rings is 1. The molecular weight excluding hydrogens is 589 g/mol. The number of hydrogen-bond donors (Lipinski definition) is 2. The third-order valence-electron chi connectivity index (χ3n) is 7.38. The summed E-state index contributed by atoms with van der Waals surface area (Å²) < 4.78 is 44.3. The Morgan fingerprint density at radius 3 is 2.56 bits per heavy atom. The largest absolute Gasteiger partial charge is 0.392 e. The smallest absolute Gasteiger partial charge is 0.264 e. The van der Waals surface area contributed by atoms with Crippen LogP contribution in [0.15, 0.2) is 95.1 Å². The van der Waals surface area contributed by atoms with E-state index in [-0.39, 0.29) is 29.6 Å². The molecule has 2 aromatic heterocycles. The number of thioether (sulfide) groups is 1. The highest BCUT2D eigenvalue weighted by molar-refractivity contribution is 7.99. The van der Waals surface area contributed by atoms with Crippen LogP contribution in [0.25, 0.3) is 10.9 Å². The van der Waals surface area contributed by atoms with Gasteiger partial charge in [0, 0.05) is 41.6 Å². The zero-order valence-corrected chi connectivity index (χ0v) is 25.1. The summed E-state index contributed by atoms with van der Waals surface area (Å²) in [7, 11) is -2.16. The number of nitrogens with zero attached hydrogens (tertiary/aromatic N) is 5. The van der Waals surface area contributed by atoms with Crippen LogP contribution in [0.1, 0.15) is 36.0 Å². The second kappa shape index (κ2) is 12.4. The molecule has 5 aromatic rings. The van der Waals surface area contributed by atoms with Crippen LogP contribution in [0.4, 0.5) is 5.69 Å². The lowest BCUT2D eigenvalue weighted by Gasteiger charge is -2.41. The number of ether oxygens (including phenoxy) is 2. The van der Waals surface area contributed by atoms with Gasteiger partial charge in [0.25, 0.3) is 10.0 Å². The van der Waals surface area contributed by atoms with Crippen molar-refractivity contribution in [1.29, 1.82) is 0 Å². The van der Waals surface area contributed by atoms with Crippen molar-refractivity contribution in [3.05, 3.63) is 102 Å². The molecule has 3 aromatic carbocycles. The Morgan fingerprint density at radius 1 is 1.00 bits per heavy atom. The number of para-hydroxylation sites is 1. The summed E-state index contributed by atoms with van der Waals surface area (Å²) in [6, 6.07) is 23.3. The topological polar surface area (TPSA) is 141 Å². The Labute approximate surface area is 253 Å². The zero-order valence-electron chi connectivity index (χ0n) is 23.4. The second-order valence-corrected chi connectivity index (χ2v) is 12.9. The maximum atomic E-state index is 13.5. The molecule has 6 rings (SSSR count). The number of aliphatic hydroxyl groups excluding tert-OH is 1. The number of nitrogens with one attached hydrogen (secondary N) is 1. The van der Waals surface area contributed by atoms with Crippen LogP contribution in [-0.2, 0) is 33.2 Å². The minimum absolute atomic E-state index is 0.0366. The summed E-state index contributed by atoms with van der Waals surface area (Å²) in [5.41, 5.74) is 3.19. The Kier molecular flexibility index (Phi) is 8.41. The van der Waals surface area contributed by atoms with E-state index < -0.39 is 16.3 Å². The van der Waals surface area contributed by atoms with Crippen LogP contribution >= 0.6 is 11.8 Å². The molecule has 0 amide bonds. The summed E-state index contributed by atoms with van der Waals surface area (Å²) >= 11 is 1.49. The van der Waals surface area contributed by atoms with Crippen molar-refractivity contribution in [2.75, 3.05) is 10.5 Å². The molecule has 1 aliphatic rings. The molecule has 0 aliphatic carbocycles. The number of hydrogen-bond acceptors (Lipinski definition) is 10. The predicted molar refractivity (Wildman–Crippen MR) is 161 cm³/mol. The van der Waals surface area contributed by atoms with Crippen molar-refractivity contribution in [3.8, 4) is 0 Å². The molecule has 1 fully saturated rings. The van der Waals surface area contributed by atoms with Crippen molar-refractivity contribution in [1.82, 2.24) is 25.2 Å². The number of tetrazole rings is 1. The lowest BCUT2D eigenvalue weighted by atomic mass is 9.91. The van der Waals surface area contributed by atoms with Crippen molar-refractivity contribution >= 4 is 38.4 Å². The fraction of sp³-hybridized carbons (Fsp3) is 0.267. The normalized spacial score (nSPS) is 20.7. The maximum absolute atomic E-state index is 13.5. The number of aryl methyl sites for hydroxylation is 1. The van der Waals surface area contributed by atoms with Crippen LogP contribution in [0.2, 0.25) is 0 Å². The number of aliphatic hydroxyl groups is 1. The summed E-state index contributed by atoms with van der Waals surface area (Å²) in [4.78, 5) is 4.39. The van der Waals surface area contributed by atoms with Crippen LogP contribution in [0, 0.1) is 5.92 Å². The molecular formula is C30H30N6O5S2. The fourth-order valence-electron chi connectivity index (χ4n) is 5.06. The minimum atomic E-state index is -3.94. The third kappa shape index (κ3) is 6.26. The Morgan fingerprint density at radius 2 is 1.79 bits per heavy atom. The van der Waals surface area contributed by atoms with Gasteiger partial charge in [-0.1, -0.05) is 73.3 Å². The van der Waals surface area contributed by atoms with Gasteiger partial charge in [0.15, 0.2) is 6.29 Å². The highest BCUT2D eigenvalue weighted by Gasteiger charge is 2.38. The summed E-state index contributed by atoms with van der Waals surface area (Å²) in [5.74, 6) is 0.534. The molecule has 0 bridgehead atoms. The van der Waals surface area contributed by atoms with E-state index in [4.69, 9.17) is 9.47 Å². The highest BCUT2D eigenvalue weighted by atomic mass is 32.2. The zero-order chi connectivity index (χ0) is 30.0. The van der Waals surface area contributed by atoms with Crippen molar-refractivity contribution in [3.63, 3.8) is 0 Å². The summed E-state index contributed by atoms with van der Waals surface area (Å²) in [6.07, 6.45) is 0.233. The molecule has 3 heterocycles. The second-order valence-electron chi connectivity index (χ2n) is 10.3. The van der Waals surface area contributed by atoms with Gasteiger partial charge in [0.2, 0.25) is 5.16 Å². The van der Waals surface area contributed by atoms with Crippen molar-refractivity contribution < 1.29 is 23.0 Å². The molecule has 13 heteroatoms. The standard InChI is InChI=1S/C30H30N6O5S2/c1-19-25(18-42-30-32-34-35-36(30)2)40-29(41-28(19)22-13-11-20(17-37)12-14-22)23-7-3-9-24(16-23)33-43(38,39)26-10-4-6-21-8-5-15-31-27(21)26/h3-16,19,25,28-29,33,37H,17-18H2,1-2H3. The first-order valence-corrected chi connectivity index (χ1v) is 16.1. The van der Waals surface area contributed by atoms with Gasteiger partial charge in [0.1, 0.15) is 4.90 Å². The van der Waals surface area contributed by atoms with Crippen LogP contribution in [0.3, 0.4) is 0 Å². The van der Waals surface area contributed by atoms with Gasteiger partial charge in [-0.25, -0.2) is 13.1 Å². The van der Waals surface area contributed by atoms with Crippen LogP contribution in [0.5, 0.6) is 0 Å². The predicted octanol–water partition coefficient (Wildman–Crippen LogP) is 4.64. The monoisotopic (exact) mass is 618 g/mol. The minimum Gasteiger partial charge on any atom is -0.392 e. The molecule has 2 N–H and O–H groups in total. The van der Waals surface area contributed by atoms with E-state index in [9.17, 15) is 13.5 Å². The highest BCUT2D eigenvalue weighted by Crippen LogP contribution is 2.43. The molecule has 1 saturated heterocycles. The number of aromatic nitrogens is 5. The number of rotatable bonds is 9. The lowest BCUT2D eigenvalue weighted by Crippen LogP contribution is -2.38. The number of anilines is 1. The average Bonchev–Trinajstić information content (AvgIpc) is 3.44. The van der Waals surface area contributed by atoms with E-state index in [1.54, 1.807) is 48.3 Å². The van der Waals surface area contributed by atoms with Gasteiger partial charge >= 0.3 is 0 Å². The van der Waals surface area contributed by atoms with Crippen molar-refractivity contribution in [2.45, 2.75) is 42.1 Å². The molecule has 0 radical (unpaired) electrons. The quantitative estimate of drug-likeness (QED) is 0.225. The molecule has 11 nitrogen and oxygen atoms in total. The van der Waals surface area contributed by atoms with Gasteiger partial charge in [0.05, 0.1) is 24.3 Å². The molecule has 4 unspecified atom stereocenters. The molecule has 1 aliphatic heterocycles. The summed E-state index contributed by atoms with van der Waals surface area (Å²) in [5, 5.41) is 22.6. The van der Waals surface area contributed by atoms with Gasteiger partial charge in [-0.05, 0) is 45.8 Å². The Balaban J connectivity index is 1.28. The van der Waals surface area contributed by atoms with Crippen LogP contribution in [-0.4, -0.2) is 50.6 Å². The Hall–Kier alpha value is -3.88. The molecule has 4 atom stereocenters. The molecule has 43 heavy (non-hydrogen) atoms. The van der Waals surface area contributed by atoms with Gasteiger partial charge in [-0.3, -0.25) is 9.71 Å². The van der Waals surface area contributed by atoms with E-state index in [0.717, 1.165) is 16.5 Å². The average molecular weight is 619 g/mol. The lowest BCUT2D eigenvalue weighted by molar-refractivity contribution is -0.268. The van der Waals surface area contributed by atoms with E-state index >= 15 is 0 Å². The summed E-state index contributed by atoms with van der Waals surface area (Å²) in [6.45, 7) is 2.03. The first-order chi connectivity index (χ1) is 20.8. The van der Waals surface area contributed by atoms with E-state index in [1.165, 1.54) is 17.8 Å². The fourth-order valence-corrected chi connectivity index (χ4v) is 7.31. The first kappa shape index (κ1) is 29.2. The number of fused-ring (bicyclic) bond motifs is 1. The number of sulfonamides is 1. The van der Waals surface area contributed by atoms with E-state index in [1.807, 2.05) is 42.5 Å². The third-order valence-corrected chi connectivity index (χ3v) is 9.89. The first-order valence-electron chi connectivity index (χ1n) is 13.6. The van der Waals surface area contributed by atoms with Gasteiger partial charge in [-0.15, -0.1) is 5.10 Å². The maximum Gasteiger partial charge on any atom is 0.264 e. The number of benzene rings is 3. The van der Waals surface area contributed by atoms with Gasteiger partial charge in [-0.2, -0.15) is 0 Å². The molecule has 0 saturated carbocycles. The molecule has 0 spiro atoms. The molecule has 222 valence electrons. The Bertz CT molecular complexity index is 1830. The van der Waals surface area contributed by atoms with E-state index in [0.29, 0.717) is 27.7 Å².